The highest BCUT2D eigenvalue weighted by molar-refractivity contribution is 6.33. The van der Waals surface area contributed by atoms with Gasteiger partial charge in [-0.1, -0.05) is 18.2 Å². The Balaban J connectivity index is 1.81. The third-order valence-electron chi connectivity index (χ3n) is 6.61. The Bertz CT molecular complexity index is 1760. The van der Waals surface area contributed by atoms with Gasteiger partial charge in [-0.2, -0.15) is 13.2 Å². The molecule has 0 saturated heterocycles. The van der Waals surface area contributed by atoms with E-state index in [1.807, 2.05) is 0 Å². The second kappa shape index (κ2) is 16.5. The molecule has 0 unspecified atom stereocenters. The van der Waals surface area contributed by atoms with Crippen molar-refractivity contribution in [1.29, 1.82) is 5.41 Å². The molecule has 49 heavy (non-hydrogen) atoms. The average molecular weight is 687 g/mol. The number of esters is 2. The van der Waals surface area contributed by atoms with Crippen LogP contribution in [0.25, 0.3) is 0 Å². The van der Waals surface area contributed by atoms with Crippen LogP contribution in [0.3, 0.4) is 0 Å². The minimum Gasteiger partial charge on any atom is -0.497 e. The van der Waals surface area contributed by atoms with Crippen molar-refractivity contribution in [3.63, 3.8) is 0 Å². The largest absolute Gasteiger partial charge is 0.497 e. The van der Waals surface area contributed by atoms with Crippen LogP contribution in [0, 0.1) is 5.41 Å². The Hall–Kier alpha value is -6.26. The number of aliphatic carboxylic acids is 1. The SMILES string of the molecule is COc1ccc(C(=O)Nc2cccc(C(=O)N[C@H](CCC(=O)OC(=O)C(F)(F)F)COc3cc(C(=N)N)ccc3CC(=O)C(=O)O)c2)cc1. The summed E-state index contributed by atoms with van der Waals surface area (Å²) in [4.78, 5) is 72.1. The zero-order chi connectivity index (χ0) is 36.3. The number of nitrogens with two attached hydrogens (primary N) is 1. The number of carbonyl (C=O) groups is 6. The van der Waals surface area contributed by atoms with Crippen LogP contribution in [0.4, 0.5) is 18.9 Å². The summed E-state index contributed by atoms with van der Waals surface area (Å²) in [5, 5.41) is 21.9. The number of carboxylic acid groups (broad SMARTS) is 1. The molecule has 0 bridgehead atoms. The number of benzene rings is 3. The van der Waals surface area contributed by atoms with E-state index in [1.54, 1.807) is 12.1 Å². The van der Waals surface area contributed by atoms with E-state index in [-0.39, 0.29) is 28.1 Å². The van der Waals surface area contributed by atoms with Crippen LogP contribution in [-0.2, 0) is 30.3 Å². The molecule has 0 saturated carbocycles. The summed E-state index contributed by atoms with van der Waals surface area (Å²) in [6.45, 7) is -0.504. The van der Waals surface area contributed by atoms with E-state index in [2.05, 4.69) is 15.4 Å². The van der Waals surface area contributed by atoms with Crippen molar-refractivity contribution in [3.8, 4) is 11.5 Å². The molecule has 0 radical (unpaired) electrons. The number of ketones is 1. The van der Waals surface area contributed by atoms with Crippen molar-refractivity contribution in [3.05, 3.63) is 89.0 Å². The van der Waals surface area contributed by atoms with Crippen molar-refractivity contribution in [2.24, 2.45) is 5.73 Å². The van der Waals surface area contributed by atoms with Crippen LogP contribution in [0.15, 0.2) is 66.7 Å². The number of halogens is 3. The van der Waals surface area contributed by atoms with Crippen LogP contribution in [-0.4, -0.2) is 72.4 Å². The second-order valence-corrected chi connectivity index (χ2v) is 10.2. The molecule has 258 valence electrons. The number of amides is 2. The van der Waals surface area contributed by atoms with Gasteiger partial charge in [0.1, 0.15) is 23.9 Å². The topological polar surface area (TPSA) is 224 Å². The van der Waals surface area contributed by atoms with Gasteiger partial charge in [-0.25, -0.2) is 9.59 Å². The fourth-order valence-corrected chi connectivity index (χ4v) is 4.10. The molecule has 3 rings (SSSR count). The molecule has 6 N–H and O–H groups in total. The molecule has 0 heterocycles. The molecular formula is C32H29F3N4O10. The maximum absolute atomic E-state index is 13.3. The average Bonchev–Trinajstić information content (AvgIpc) is 3.05. The van der Waals surface area contributed by atoms with E-state index < -0.39 is 79.4 Å². The minimum absolute atomic E-state index is 0.0127. The number of alkyl halides is 3. The van der Waals surface area contributed by atoms with Gasteiger partial charge in [0, 0.05) is 40.8 Å². The third kappa shape index (κ3) is 11.2. The van der Waals surface area contributed by atoms with E-state index in [1.165, 1.54) is 61.7 Å². The fourth-order valence-electron chi connectivity index (χ4n) is 4.10. The standard InChI is InChI=1S/C32H29F3N4O10/c1-47-23-10-7-17(8-11-23)28(42)38-21-4-2-3-20(13-21)29(43)39-22(9-12-26(41)49-31(46)32(33,34)35)16-48-25-15-19(27(36)37)6-5-18(25)14-24(40)30(44)45/h2-8,10-11,13,15,22H,9,12,14,16H2,1H3,(H3,36,37)(H,38,42)(H,39,43)(H,44,45)/t22-/m1/s1. The fraction of sp³-hybridized carbons (Fsp3) is 0.219. The predicted molar refractivity (Wildman–Crippen MR) is 164 cm³/mol. The molecule has 14 nitrogen and oxygen atoms in total. The van der Waals surface area contributed by atoms with Gasteiger partial charge in [0.2, 0.25) is 5.78 Å². The summed E-state index contributed by atoms with van der Waals surface area (Å²) in [6.07, 6.45) is -7.25. The van der Waals surface area contributed by atoms with Crippen molar-refractivity contribution in [1.82, 2.24) is 5.32 Å². The van der Waals surface area contributed by atoms with E-state index in [4.69, 9.17) is 25.7 Å². The first-order valence-electron chi connectivity index (χ1n) is 14.1. The number of Topliss-reactive ketones (excluding diaryl/α,β-unsaturated/α-hetero) is 1. The van der Waals surface area contributed by atoms with E-state index in [0.717, 1.165) is 0 Å². The Kier molecular flexibility index (Phi) is 12.5. The highest BCUT2D eigenvalue weighted by Gasteiger charge is 2.42. The highest BCUT2D eigenvalue weighted by atomic mass is 19.4. The normalized spacial score (nSPS) is 11.4. The molecular weight excluding hydrogens is 657 g/mol. The predicted octanol–water partition coefficient (Wildman–Crippen LogP) is 3.02. The molecule has 17 heteroatoms. The first-order chi connectivity index (χ1) is 23.1. The monoisotopic (exact) mass is 686 g/mol. The van der Waals surface area contributed by atoms with Crippen molar-refractivity contribution in [2.75, 3.05) is 19.0 Å². The number of hydrogen-bond acceptors (Lipinski definition) is 10. The number of methoxy groups -OCH3 is 1. The maximum Gasteiger partial charge on any atom is 0.491 e. The zero-order valence-corrected chi connectivity index (χ0v) is 25.6. The lowest BCUT2D eigenvalue weighted by atomic mass is 10.0. The lowest BCUT2D eigenvalue weighted by Crippen LogP contribution is -2.40. The Morgan fingerprint density at radius 2 is 1.59 bits per heavy atom. The molecule has 3 aromatic carbocycles. The Morgan fingerprint density at radius 3 is 2.20 bits per heavy atom. The molecule has 0 fully saturated rings. The quantitative estimate of drug-likeness (QED) is 0.0514. The number of ether oxygens (including phenoxy) is 3. The van der Waals surface area contributed by atoms with Crippen LogP contribution in [0.1, 0.15) is 44.7 Å². The molecule has 1 atom stereocenters. The summed E-state index contributed by atoms with van der Waals surface area (Å²) in [6, 6.07) is 14.6. The van der Waals surface area contributed by atoms with Crippen molar-refractivity contribution >= 4 is 47.0 Å². The van der Waals surface area contributed by atoms with Crippen molar-refractivity contribution in [2.45, 2.75) is 31.5 Å². The molecule has 0 aromatic heterocycles. The van der Waals surface area contributed by atoms with Crippen LogP contribution in [0.5, 0.6) is 11.5 Å². The first kappa shape index (κ1) is 37.2. The van der Waals surface area contributed by atoms with Gasteiger partial charge in [-0.3, -0.25) is 24.6 Å². The van der Waals surface area contributed by atoms with Gasteiger partial charge in [-0.05, 0) is 55.0 Å². The molecule has 0 aliphatic rings. The maximum atomic E-state index is 13.3. The van der Waals surface area contributed by atoms with Gasteiger partial charge < -0.3 is 35.7 Å². The summed E-state index contributed by atoms with van der Waals surface area (Å²) >= 11 is 0. The molecule has 3 aromatic rings. The minimum atomic E-state index is -5.42. The second-order valence-electron chi connectivity index (χ2n) is 10.2. The number of rotatable bonds is 15. The number of nitrogens with one attached hydrogen (secondary N) is 3. The van der Waals surface area contributed by atoms with Crippen LogP contribution in [0.2, 0.25) is 0 Å². The first-order valence-corrected chi connectivity index (χ1v) is 14.1. The van der Waals surface area contributed by atoms with Gasteiger partial charge in [0.25, 0.3) is 11.8 Å². The molecule has 0 spiro atoms. The number of carboxylic acids is 1. The van der Waals surface area contributed by atoms with Gasteiger partial charge in [-0.15, -0.1) is 0 Å². The smallest absolute Gasteiger partial charge is 0.491 e. The number of anilines is 1. The van der Waals surface area contributed by atoms with Crippen LogP contribution >= 0.6 is 0 Å². The molecule has 2 amide bonds. The van der Waals surface area contributed by atoms with Gasteiger partial charge in [0.05, 0.1) is 13.2 Å². The molecule has 0 aliphatic carbocycles. The summed E-state index contributed by atoms with van der Waals surface area (Å²) in [5.41, 5.74) is 6.26. The number of amidine groups is 1. The lowest BCUT2D eigenvalue weighted by Gasteiger charge is -2.21. The summed E-state index contributed by atoms with van der Waals surface area (Å²) in [5.74, 6) is -8.43. The lowest BCUT2D eigenvalue weighted by molar-refractivity contribution is -0.201. The summed E-state index contributed by atoms with van der Waals surface area (Å²) < 4.78 is 52.3. The van der Waals surface area contributed by atoms with E-state index in [9.17, 15) is 41.9 Å². The highest BCUT2D eigenvalue weighted by Crippen LogP contribution is 2.23. The van der Waals surface area contributed by atoms with Gasteiger partial charge >= 0.3 is 24.1 Å². The number of hydrogen-bond donors (Lipinski definition) is 5. The summed E-state index contributed by atoms with van der Waals surface area (Å²) in [7, 11) is 1.47. The molecule has 0 aliphatic heterocycles. The Morgan fingerprint density at radius 1 is 0.918 bits per heavy atom. The third-order valence-corrected chi connectivity index (χ3v) is 6.61. The van der Waals surface area contributed by atoms with Crippen LogP contribution < -0.4 is 25.8 Å². The van der Waals surface area contributed by atoms with E-state index in [0.29, 0.717) is 11.3 Å². The van der Waals surface area contributed by atoms with E-state index >= 15 is 0 Å². The number of carbonyl (C=O) groups excluding carboxylic acids is 5. The number of nitrogen functional groups attached to an aromatic ring is 1. The Labute approximate surface area is 275 Å². The zero-order valence-electron chi connectivity index (χ0n) is 25.6. The van der Waals surface area contributed by atoms with Crippen molar-refractivity contribution < 1.29 is 61.3 Å². The van der Waals surface area contributed by atoms with Gasteiger partial charge in [0.15, 0.2) is 0 Å².